The second kappa shape index (κ2) is 7.21. The molecule has 1 aromatic rings. The molecule has 0 saturated heterocycles. The molecule has 1 aromatic carbocycles. The third-order valence-electron chi connectivity index (χ3n) is 2.21. The van der Waals surface area contributed by atoms with Gasteiger partial charge in [0, 0.05) is 13.0 Å². The number of nitriles is 1. The molecule has 4 heteroatoms. The van der Waals surface area contributed by atoms with Crippen LogP contribution in [0.5, 0.6) is 0 Å². The van der Waals surface area contributed by atoms with Gasteiger partial charge in [0.05, 0.1) is 11.1 Å². The summed E-state index contributed by atoms with van der Waals surface area (Å²) in [4.78, 5) is 0. The molecule has 0 saturated carbocycles. The lowest BCUT2D eigenvalue weighted by atomic mass is 10.2. The van der Waals surface area contributed by atoms with Gasteiger partial charge in [0.15, 0.2) is 0 Å². The molecule has 0 fully saturated rings. The predicted molar refractivity (Wildman–Crippen MR) is 62.6 cm³/mol. The Morgan fingerprint density at radius 3 is 2.88 bits per heavy atom. The van der Waals surface area contributed by atoms with Crippen LogP contribution in [0.25, 0.3) is 0 Å². The highest BCUT2D eigenvalue weighted by atomic mass is 35.5. The Balaban J connectivity index is 2.22. The van der Waals surface area contributed by atoms with Crippen molar-refractivity contribution in [2.75, 3.05) is 6.54 Å². The second-order valence-corrected chi connectivity index (χ2v) is 3.95. The molecule has 0 aromatic heterocycles. The van der Waals surface area contributed by atoms with Crippen LogP contribution in [-0.4, -0.2) is 6.54 Å². The van der Waals surface area contributed by atoms with Gasteiger partial charge in [-0.25, -0.2) is 4.39 Å². The molecule has 0 unspecified atom stereocenters. The van der Waals surface area contributed by atoms with Gasteiger partial charge in [-0.3, -0.25) is 0 Å². The number of benzene rings is 1. The molecule has 0 aliphatic heterocycles. The Bertz CT molecular complexity index is 374. The van der Waals surface area contributed by atoms with Gasteiger partial charge in [-0.1, -0.05) is 17.7 Å². The van der Waals surface area contributed by atoms with E-state index in [1.54, 1.807) is 12.1 Å². The molecule has 16 heavy (non-hydrogen) atoms. The van der Waals surface area contributed by atoms with Crippen LogP contribution in [-0.2, 0) is 6.54 Å². The molecule has 0 aliphatic rings. The Morgan fingerprint density at radius 2 is 2.19 bits per heavy atom. The Kier molecular flexibility index (Phi) is 5.84. The van der Waals surface area contributed by atoms with E-state index in [0.717, 1.165) is 24.9 Å². The summed E-state index contributed by atoms with van der Waals surface area (Å²) in [6.07, 6.45) is 2.46. The first-order chi connectivity index (χ1) is 7.74. The zero-order chi connectivity index (χ0) is 11.8. The van der Waals surface area contributed by atoms with Crippen LogP contribution < -0.4 is 5.32 Å². The first kappa shape index (κ1) is 13.0. The molecule has 0 heterocycles. The van der Waals surface area contributed by atoms with Crippen LogP contribution >= 0.6 is 11.6 Å². The van der Waals surface area contributed by atoms with Crippen molar-refractivity contribution in [2.45, 2.75) is 25.8 Å². The summed E-state index contributed by atoms with van der Waals surface area (Å²) in [5.41, 5.74) is 0.877. The normalized spacial score (nSPS) is 10.1. The maximum atomic E-state index is 13.1. The van der Waals surface area contributed by atoms with E-state index in [2.05, 4.69) is 11.4 Å². The minimum atomic E-state index is -0.384. The maximum Gasteiger partial charge on any atom is 0.142 e. The smallest absolute Gasteiger partial charge is 0.142 e. The zero-order valence-corrected chi connectivity index (χ0v) is 9.73. The van der Waals surface area contributed by atoms with Gasteiger partial charge in [-0.2, -0.15) is 5.26 Å². The first-order valence-corrected chi connectivity index (χ1v) is 5.63. The van der Waals surface area contributed by atoms with Gasteiger partial charge in [-0.05, 0) is 37.1 Å². The molecular formula is C12H14ClFN2. The van der Waals surface area contributed by atoms with Crippen molar-refractivity contribution >= 4 is 11.6 Å². The number of halogens is 2. The number of hydrogen-bond donors (Lipinski definition) is 1. The quantitative estimate of drug-likeness (QED) is 0.775. The average Bonchev–Trinajstić information content (AvgIpc) is 2.28. The van der Waals surface area contributed by atoms with Crippen LogP contribution in [0.15, 0.2) is 18.2 Å². The van der Waals surface area contributed by atoms with Crippen molar-refractivity contribution in [3.05, 3.63) is 34.6 Å². The Hall–Kier alpha value is -1.11. The highest BCUT2D eigenvalue weighted by Crippen LogP contribution is 2.15. The van der Waals surface area contributed by atoms with Gasteiger partial charge in [0.1, 0.15) is 5.82 Å². The summed E-state index contributed by atoms with van der Waals surface area (Å²) < 4.78 is 13.1. The molecule has 0 bridgehead atoms. The molecule has 0 spiro atoms. The van der Waals surface area contributed by atoms with Crippen LogP contribution in [0.2, 0.25) is 5.02 Å². The molecule has 0 radical (unpaired) electrons. The standard InChI is InChI=1S/C12H14ClFN2/c13-11-5-4-10(8-12(11)14)9-16-7-3-1-2-6-15/h4-5,8,16H,1-3,7,9H2. The summed E-state index contributed by atoms with van der Waals surface area (Å²) in [7, 11) is 0. The summed E-state index contributed by atoms with van der Waals surface area (Å²) in [5.74, 6) is -0.384. The van der Waals surface area contributed by atoms with Crippen molar-refractivity contribution < 1.29 is 4.39 Å². The van der Waals surface area contributed by atoms with E-state index in [1.165, 1.54) is 6.07 Å². The van der Waals surface area contributed by atoms with Gasteiger partial charge in [0.25, 0.3) is 0 Å². The number of unbranched alkanes of at least 4 members (excludes halogenated alkanes) is 2. The van der Waals surface area contributed by atoms with Crippen molar-refractivity contribution in [2.24, 2.45) is 0 Å². The lowest BCUT2D eigenvalue weighted by Gasteiger charge is -2.04. The maximum absolute atomic E-state index is 13.1. The first-order valence-electron chi connectivity index (χ1n) is 5.25. The predicted octanol–water partition coefficient (Wildman–Crippen LogP) is 3.26. The van der Waals surface area contributed by atoms with Crippen molar-refractivity contribution in [1.82, 2.24) is 5.32 Å². The topological polar surface area (TPSA) is 35.8 Å². The summed E-state index contributed by atoms with van der Waals surface area (Å²) in [6, 6.07) is 6.89. The number of nitrogens with one attached hydrogen (secondary N) is 1. The van der Waals surface area contributed by atoms with E-state index in [4.69, 9.17) is 16.9 Å². The molecule has 1 rings (SSSR count). The molecule has 2 nitrogen and oxygen atoms in total. The van der Waals surface area contributed by atoms with E-state index in [-0.39, 0.29) is 10.8 Å². The zero-order valence-electron chi connectivity index (χ0n) is 8.97. The largest absolute Gasteiger partial charge is 0.313 e. The van der Waals surface area contributed by atoms with E-state index >= 15 is 0 Å². The van der Waals surface area contributed by atoms with Crippen LogP contribution in [0.4, 0.5) is 4.39 Å². The Labute approximate surface area is 100 Å². The summed E-state index contributed by atoms with van der Waals surface area (Å²) in [6.45, 7) is 1.46. The number of rotatable bonds is 6. The third kappa shape index (κ3) is 4.61. The summed E-state index contributed by atoms with van der Waals surface area (Å²) >= 11 is 5.57. The monoisotopic (exact) mass is 240 g/mol. The SMILES string of the molecule is N#CCCCCNCc1ccc(Cl)c(F)c1. The molecule has 0 aliphatic carbocycles. The highest BCUT2D eigenvalue weighted by Gasteiger charge is 2.00. The van der Waals surface area contributed by atoms with Crippen LogP contribution in [0, 0.1) is 17.1 Å². The second-order valence-electron chi connectivity index (χ2n) is 3.54. The van der Waals surface area contributed by atoms with Crippen molar-refractivity contribution in [3.8, 4) is 6.07 Å². The van der Waals surface area contributed by atoms with Crippen LogP contribution in [0.3, 0.4) is 0 Å². The molecule has 0 atom stereocenters. The van der Waals surface area contributed by atoms with E-state index in [0.29, 0.717) is 13.0 Å². The van der Waals surface area contributed by atoms with E-state index < -0.39 is 0 Å². The molecule has 1 N–H and O–H groups in total. The van der Waals surface area contributed by atoms with Gasteiger partial charge >= 0.3 is 0 Å². The number of nitrogens with zero attached hydrogens (tertiary/aromatic N) is 1. The van der Waals surface area contributed by atoms with Crippen molar-refractivity contribution in [3.63, 3.8) is 0 Å². The summed E-state index contributed by atoms with van der Waals surface area (Å²) in [5, 5.41) is 11.7. The average molecular weight is 241 g/mol. The van der Waals surface area contributed by atoms with Gasteiger partial charge < -0.3 is 5.32 Å². The third-order valence-corrected chi connectivity index (χ3v) is 2.51. The fourth-order valence-corrected chi connectivity index (χ4v) is 1.45. The van der Waals surface area contributed by atoms with E-state index in [1.807, 2.05) is 0 Å². The van der Waals surface area contributed by atoms with E-state index in [9.17, 15) is 4.39 Å². The van der Waals surface area contributed by atoms with Crippen LogP contribution in [0.1, 0.15) is 24.8 Å². The lowest BCUT2D eigenvalue weighted by Crippen LogP contribution is -2.14. The van der Waals surface area contributed by atoms with Crippen molar-refractivity contribution in [1.29, 1.82) is 5.26 Å². The fourth-order valence-electron chi connectivity index (χ4n) is 1.34. The lowest BCUT2D eigenvalue weighted by molar-refractivity contribution is 0.610. The van der Waals surface area contributed by atoms with Gasteiger partial charge in [0.2, 0.25) is 0 Å². The fraction of sp³-hybridized carbons (Fsp3) is 0.417. The minimum Gasteiger partial charge on any atom is -0.313 e. The molecule has 86 valence electrons. The van der Waals surface area contributed by atoms with Gasteiger partial charge in [-0.15, -0.1) is 0 Å². The Morgan fingerprint density at radius 1 is 1.38 bits per heavy atom. The number of hydrogen-bond acceptors (Lipinski definition) is 2. The molecule has 0 amide bonds. The minimum absolute atomic E-state index is 0.151. The molecular weight excluding hydrogens is 227 g/mol. The highest BCUT2D eigenvalue weighted by molar-refractivity contribution is 6.30.